The summed E-state index contributed by atoms with van der Waals surface area (Å²) in [6, 6.07) is 3.22. The van der Waals surface area contributed by atoms with Crippen molar-refractivity contribution in [2.24, 2.45) is 0 Å². The molecule has 1 aromatic rings. The second kappa shape index (κ2) is 4.55. The van der Waals surface area contributed by atoms with Crippen LogP contribution in [0, 0.1) is 5.82 Å². The number of ether oxygens (including phenoxy) is 1. The van der Waals surface area contributed by atoms with Crippen LogP contribution in [-0.2, 0) is 6.54 Å². The largest absolute Gasteiger partial charge is 0.493 e. The summed E-state index contributed by atoms with van der Waals surface area (Å²) < 4.78 is 18.5. The predicted octanol–water partition coefficient (Wildman–Crippen LogP) is 2.08. The van der Waals surface area contributed by atoms with E-state index in [0.29, 0.717) is 10.0 Å². The van der Waals surface area contributed by atoms with Crippen LogP contribution in [0.2, 0.25) is 0 Å². The van der Waals surface area contributed by atoms with Gasteiger partial charge in [0.05, 0.1) is 11.6 Å². The zero-order chi connectivity index (χ0) is 9.84. The Balaban J connectivity index is 3.13. The van der Waals surface area contributed by atoms with Crippen molar-refractivity contribution in [1.29, 1.82) is 0 Å². The SMILES string of the molecule is COc1c(CNO)ccc(Br)c1F. The highest BCUT2D eigenvalue weighted by atomic mass is 79.9. The van der Waals surface area contributed by atoms with Crippen LogP contribution in [0.5, 0.6) is 5.75 Å². The molecular weight excluding hydrogens is 241 g/mol. The maximum absolute atomic E-state index is 13.3. The van der Waals surface area contributed by atoms with E-state index >= 15 is 0 Å². The van der Waals surface area contributed by atoms with Crippen molar-refractivity contribution in [1.82, 2.24) is 5.48 Å². The Bertz CT molecular complexity index is 306. The van der Waals surface area contributed by atoms with Gasteiger partial charge in [-0.3, -0.25) is 0 Å². The summed E-state index contributed by atoms with van der Waals surface area (Å²) in [4.78, 5) is 0. The second-order valence-electron chi connectivity index (χ2n) is 2.39. The van der Waals surface area contributed by atoms with Gasteiger partial charge < -0.3 is 9.94 Å². The molecule has 1 rings (SSSR count). The van der Waals surface area contributed by atoms with Gasteiger partial charge in [0, 0.05) is 12.1 Å². The van der Waals surface area contributed by atoms with Crippen molar-refractivity contribution in [2.45, 2.75) is 6.54 Å². The molecule has 0 aromatic heterocycles. The quantitative estimate of drug-likeness (QED) is 0.807. The predicted molar refractivity (Wildman–Crippen MR) is 49.3 cm³/mol. The first-order valence-corrected chi connectivity index (χ1v) is 4.37. The average molecular weight is 250 g/mol. The summed E-state index contributed by atoms with van der Waals surface area (Å²) in [6.07, 6.45) is 0. The first-order chi connectivity index (χ1) is 6.20. The minimum Gasteiger partial charge on any atom is -0.493 e. The van der Waals surface area contributed by atoms with E-state index in [9.17, 15) is 4.39 Å². The van der Waals surface area contributed by atoms with Crippen LogP contribution in [0.3, 0.4) is 0 Å². The van der Waals surface area contributed by atoms with Gasteiger partial charge in [0.25, 0.3) is 0 Å². The molecule has 0 heterocycles. The van der Waals surface area contributed by atoms with E-state index in [1.54, 1.807) is 12.1 Å². The maximum atomic E-state index is 13.3. The van der Waals surface area contributed by atoms with Crippen LogP contribution in [0.1, 0.15) is 5.56 Å². The fourth-order valence-corrected chi connectivity index (χ4v) is 1.33. The van der Waals surface area contributed by atoms with Crippen LogP contribution in [-0.4, -0.2) is 12.3 Å². The second-order valence-corrected chi connectivity index (χ2v) is 3.24. The first-order valence-electron chi connectivity index (χ1n) is 3.58. The van der Waals surface area contributed by atoms with Crippen LogP contribution in [0.4, 0.5) is 4.39 Å². The third-order valence-corrected chi connectivity index (χ3v) is 2.22. The van der Waals surface area contributed by atoms with E-state index in [1.807, 2.05) is 5.48 Å². The summed E-state index contributed by atoms with van der Waals surface area (Å²) >= 11 is 3.03. The molecule has 0 atom stereocenters. The summed E-state index contributed by atoms with van der Waals surface area (Å²) in [7, 11) is 1.38. The zero-order valence-corrected chi connectivity index (χ0v) is 8.56. The number of methoxy groups -OCH3 is 1. The topological polar surface area (TPSA) is 41.5 Å². The maximum Gasteiger partial charge on any atom is 0.179 e. The fourth-order valence-electron chi connectivity index (χ4n) is 1.02. The number of nitrogens with one attached hydrogen (secondary N) is 1. The lowest BCUT2D eigenvalue weighted by Gasteiger charge is -2.09. The molecule has 3 nitrogen and oxygen atoms in total. The van der Waals surface area contributed by atoms with Crippen LogP contribution in [0.15, 0.2) is 16.6 Å². The molecule has 0 aliphatic carbocycles. The van der Waals surface area contributed by atoms with Gasteiger partial charge in [0.15, 0.2) is 11.6 Å². The molecule has 2 N–H and O–H groups in total. The van der Waals surface area contributed by atoms with E-state index in [-0.39, 0.29) is 12.3 Å². The van der Waals surface area contributed by atoms with Crippen molar-refractivity contribution in [3.8, 4) is 5.75 Å². The third kappa shape index (κ3) is 2.18. The Morgan fingerprint density at radius 1 is 1.62 bits per heavy atom. The molecule has 0 amide bonds. The zero-order valence-electron chi connectivity index (χ0n) is 6.97. The molecule has 72 valence electrons. The number of halogens is 2. The summed E-state index contributed by atoms with van der Waals surface area (Å²) in [5, 5.41) is 8.46. The van der Waals surface area contributed by atoms with E-state index < -0.39 is 5.82 Å². The Kier molecular flexibility index (Phi) is 3.65. The highest BCUT2D eigenvalue weighted by molar-refractivity contribution is 9.10. The molecule has 5 heteroatoms. The summed E-state index contributed by atoms with van der Waals surface area (Å²) in [6.45, 7) is 0.146. The number of hydrogen-bond acceptors (Lipinski definition) is 3. The van der Waals surface area contributed by atoms with Crippen molar-refractivity contribution < 1.29 is 14.3 Å². The molecule has 0 unspecified atom stereocenters. The molecule has 13 heavy (non-hydrogen) atoms. The van der Waals surface area contributed by atoms with Gasteiger partial charge in [0.2, 0.25) is 0 Å². The minimum atomic E-state index is -0.463. The molecule has 0 saturated heterocycles. The molecule has 0 radical (unpaired) electrons. The Morgan fingerprint density at radius 2 is 2.31 bits per heavy atom. The number of hydrogen-bond donors (Lipinski definition) is 2. The fraction of sp³-hybridized carbons (Fsp3) is 0.250. The smallest absolute Gasteiger partial charge is 0.179 e. The van der Waals surface area contributed by atoms with Gasteiger partial charge in [-0.1, -0.05) is 6.07 Å². The molecule has 0 saturated carbocycles. The monoisotopic (exact) mass is 249 g/mol. The lowest BCUT2D eigenvalue weighted by atomic mass is 10.2. The molecule has 1 aromatic carbocycles. The molecule has 0 aliphatic heterocycles. The number of hydroxylamine groups is 1. The lowest BCUT2D eigenvalue weighted by Crippen LogP contribution is -2.08. The Hall–Kier alpha value is -0.650. The van der Waals surface area contributed by atoms with Crippen molar-refractivity contribution in [2.75, 3.05) is 7.11 Å². The normalized spacial score (nSPS) is 10.2. The average Bonchev–Trinajstić information content (AvgIpc) is 2.12. The highest BCUT2D eigenvalue weighted by Gasteiger charge is 2.11. The van der Waals surface area contributed by atoms with Gasteiger partial charge in [-0.2, -0.15) is 0 Å². The standard InChI is InChI=1S/C8H9BrFNO2/c1-13-8-5(4-11-12)2-3-6(9)7(8)10/h2-3,11-12H,4H2,1H3. The van der Waals surface area contributed by atoms with Gasteiger partial charge in [-0.25, -0.2) is 9.87 Å². The minimum absolute atomic E-state index is 0.135. The van der Waals surface area contributed by atoms with Crippen LogP contribution < -0.4 is 10.2 Å². The Morgan fingerprint density at radius 3 is 2.85 bits per heavy atom. The van der Waals surface area contributed by atoms with E-state index in [4.69, 9.17) is 9.94 Å². The van der Waals surface area contributed by atoms with Crippen molar-refractivity contribution in [3.05, 3.63) is 28.0 Å². The molecule has 0 aliphatic rings. The van der Waals surface area contributed by atoms with Crippen LogP contribution in [0.25, 0.3) is 0 Å². The Labute approximate surface area is 83.6 Å². The lowest BCUT2D eigenvalue weighted by molar-refractivity contribution is 0.160. The molecular formula is C8H9BrFNO2. The third-order valence-electron chi connectivity index (χ3n) is 1.61. The molecule has 0 fully saturated rings. The van der Waals surface area contributed by atoms with Crippen molar-refractivity contribution in [3.63, 3.8) is 0 Å². The van der Waals surface area contributed by atoms with E-state index in [0.717, 1.165) is 0 Å². The van der Waals surface area contributed by atoms with Gasteiger partial charge in [-0.05, 0) is 22.0 Å². The van der Waals surface area contributed by atoms with Gasteiger partial charge >= 0.3 is 0 Å². The van der Waals surface area contributed by atoms with Gasteiger partial charge in [0.1, 0.15) is 0 Å². The van der Waals surface area contributed by atoms with Crippen LogP contribution >= 0.6 is 15.9 Å². The number of rotatable bonds is 3. The molecule has 0 bridgehead atoms. The highest BCUT2D eigenvalue weighted by Crippen LogP contribution is 2.28. The molecule has 0 spiro atoms. The first kappa shape index (κ1) is 10.4. The summed E-state index contributed by atoms with van der Waals surface area (Å²) in [5.74, 6) is -0.328. The number of benzene rings is 1. The van der Waals surface area contributed by atoms with Gasteiger partial charge in [-0.15, -0.1) is 0 Å². The van der Waals surface area contributed by atoms with Crippen molar-refractivity contribution >= 4 is 15.9 Å². The van der Waals surface area contributed by atoms with E-state index in [1.165, 1.54) is 7.11 Å². The van der Waals surface area contributed by atoms with E-state index in [2.05, 4.69) is 15.9 Å². The summed E-state index contributed by atoms with van der Waals surface area (Å²) in [5.41, 5.74) is 2.50.